The molecule has 5 nitrogen and oxygen atoms in total. The Morgan fingerprint density at radius 1 is 1.53 bits per heavy atom. The molecule has 2 aliphatic rings. The van der Waals surface area contributed by atoms with E-state index in [4.69, 9.17) is 0 Å². The van der Waals surface area contributed by atoms with E-state index in [1.54, 1.807) is 19.0 Å². The maximum atomic E-state index is 11.8. The number of aromatic nitrogens is 1. The highest BCUT2D eigenvalue weighted by Gasteiger charge is 2.54. The highest BCUT2D eigenvalue weighted by molar-refractivity contribution is 5.92. The molecule has 1 atom stereocenters. The van der Waals surface area contributed by atoms with Crippen LogP contribution in [0.15, 0.2) is 12.1 Å². The standard InChI is InChI=1S/C14H21N3O2/c1-16(2)13(19)11-4-3-10(15-11)7-17-8-12(18)14(9-17)5-6-14/h3-4,12,15,18H,5-9H2,1-2H3. The van der Waals surface area contributed by atoms with Gasteiger partial charge in [-0.05, 0) is 25.0 Å². The van der Waals surface area contributed by atoms with Gasteiger partial charge in [-0.3, -0.25) is 9.69 Å². The molecule has 1 aromatic rings. The predicted molar refractivity (Wildman–Crippen MR) is 71.8 cm³/mol. The smallest absolute Gasteiger partial charge is 0.269 e. The molecule has 1 amide bonds. The zero-order valence-corrected chi connectivity index (χ0v) is 11.5. The number of amides is 1. The Labute approximate surface area is 113 Å². The van der Waals surface area contributed by atoms with Crippen LogP contribution in [0.3, 0.4) is 0 Å². The van der Waals surface area contributed by atoms with Crippen LogP contribution in [0.1, 0.15) is 29.0 Å². The number of likely N-dealkylation sites (tertiary alicyclic amines) is 1. The first-order valence-corrected chi connectivity index (χ1v) is 6.80. The topological polar surface area (TPSA) is 59.6 Å². The Morgan fingerprint density at radius 3 is 2.84 bits per heavy atom. The predicted octanol–water partition coefficient (Wildman–Crippen LogP) is 0.673. The molecule has 0 bridgehead atoms. The maximum Gasteiger partial charge on any atom is 0.269 e. The molecule has 3 rings (SSSR count). The second-order valence-corrected chi connectivity index (χ2v) is 6.14. The number of nitrogens with one attached hydrogen (secondary N) is 1. The van der Waals surface area contributed by atoms with E-state index in [9.17, 15) is 9.90 Å². The third-order valence-corrected chi connectivity index (χ3v) is 4.35. The molecule has 5 heteroatoms. The van der Waals surface area contributed by atoms with Crippen molar-refractivity contribution in [3.8, 4) is 0 Å². The van der Waals surface area contributed by atoms with Gasteiger partial charge >= 0.3 is 0 Å². The molecule has 1 unspecified atom stereocenters. The van der Waals surface area contributed by atoms with E-state index in [-0.39, 0.29) is 17.4 Å². The fourth-order valence-electron chi connectivity index (χ4n) is 2.96. The van der Waals surface area contributed by atoms with Crippen molar-refractivity contribution >= 4 is 5.91 Å². The average molecular weight is 263 g/mol. The van der Waals surface area contributed by atoms with Crippen LogP contribution >= 0.6 is 0 Å². The van der Waals surface area contributed by atoms with Gasteiger partial charge in [0.2, 0.25) is 0 Å². The van der Waals surface area contributed by atoms with Crippen molar-refractivity contribution in [2.75, 3.05) is 27.2 Å². The second kappa shape index (κ2) is 4.35. The summed E-state index contributed by atoms with van der Waals surface area (Å²) in [4.78, 5) is 18.8. The summed E-state index contributed by atoms with van der Waals surface area (Å²) >= 11 is 0. The number of aromatic amines is 1. The van der Waals surface area contributed by atoms with Crippen molar-refractivity contribution in [3.05, 3.63) is 23.5 Å². The molecule has 1 spiro atoms. The molecule has 1 aliphatic heterocycles. The Hall–Kier alpha value is -1.33. The van der Waals surface area contributed by atoms with Gasteiger partial charge in [0.1, 0.15) is 5.69 Å². The van der Waals surface area contributed by atoms with Crippen LogP contribution in [-0.4, -0.2) is 59.1 Å². The van der Waals surface area contributed by atoms with E-state index in [1.165, 1.54) is 0 Å². The molecule has 2 heterocycles. The Morgan fingerprint density at radius 2 is 2.26 bits per heavy atom. The summed E-state index contributed by atoms with van der Waals surface area (Å²) in [5.74, 6) is -0.00799. The minimum atomic E-state index is -0.176. The second-order valence-electron chi connectivity index (χ2n) is 6.14. The Balaban J connectivity index is 1.63. The molecule has 1 saturated carbocycles. The molecule has 1 aromatic heterocycles. The van der Waals surface area contributed by atoms with Crippen LogP contribution in [-0.2, 0) is 6.54 Å². The van der Waals surface area contributed by atoms with Gasteiger partial charge in [0.05, 0.1) is 6.10 Å². The van der Waals surface area contributed by atoms with Crippen molar-refractivity contribution in [3.63, 3.8) is 0 Å². The quantitative estimate of drug-likeness (QED) is 0.843. The SMILES string of the molecule is CN(C)C(=O)c1ccc(CN2CC(O)C3(CC3)C2)[nH]1. The number of hydrogen-bond acceptors (Lipinski definition) is 3. The summed E-state index contributed by atoms with van der Waals surface area (Å²) in [5.41, 5.74) is 1.85. The minimum Gasteiger partial charge on any atom is -0.391 e. The van der Waals surface area contributed by atoms with E-state index in [0.29, 0.717) is 5.69 Å². The number of carbonyl (C=O) groups excluding carboxylic acids is 1. The van der Waals surface area contributed by atoms with Gasteiger partial charge in [0.15, 0.2) is 0 Å². The number of rotatable bonds is 3. The van der Waals surface area contributed by atoms with Crippen LogP contribution < -0.4 is 0 Å². The van der Waals surface area contributed by atoms with Crippen molar-refractivity contribution in [1.29, 1.82) is 0 Å². The third-order valence-electron chi connectivity index (χ3n) is 4.35. The molecule has 1 saturated heterocycles. The maximum absolute atomic E-state index is 11.8. The molecule has 2 N–H and O–H groups in total. The third kappa shape index (κ3) is 2.28. The molecule has 2 fully saturated rings. The zero-order chi connectivity index (χ0) is 13.6. The van der Waals surface area contributed by atoms with Crippen LogP contribution in [0.4, 0.5) is 0 Å². The summed E-state index contributed by atoms with van der Waals surface area (Å²) in [7, 11) is 3.49. The van der Waals surface area contributed by atoms with Crippen LogP contribution in [0.2, 0.25) is 0 Å². The molecule has 0 radical (unpaired) electrons. The van der Waals surface area contributed by atoms with Crippen LogP contribution in [0.25, 0.3) is 0 Å². The van der Waals surface area contributed by atoms with Crippen molar-refractivity contribution < 1.29 is 9.90 Å². The summed E-state index contributed by atoms with van der Waals surface area (Å²) in [6.45, 7) is 2.50. The number of H-pyrrole nitrogens is 1. The van der Waals surface area contributed by atoms with Gasteiger partial charge in [-0.25, -0.2) is 0 Å². The number of aliphatic hydroxyl groups is 1. The van der Waals surface area contributed by atoms with E-state index >= 15 is 0 Å². The van der Waals surface area contributed by atoms with Crippen molar-refractivity contribution in [2.45, 2.75) is 25.5 Å². The lowest BCUT2D eigenvalue weighted by Gasteiger charge is -2.14. The number of hydrogen-bond donors (Lipinski definition) is 2. The first-order chi connectivity index (χ1) is 9.00. The van der Waals surface area contributed by atoms with Gasteiger partial charge in [0, 0.05) is 44.8 Å². The largest absolute Gasteiger partial charge is 0.391 e. The van der Waals surface area contributed by atoms with E-state index < -0.39 is 0 Å². The molecular formula is C14H21N3O2. The van der Waals surface area contributed by atoms with E-state index in [2.05, 4.69) is 9.88 Å². The van der Waals surface area contributed by atoms with E-state index in [1.807, 2.05) is 12.1 Å². The average Bonchev–Trinajstić information content (AvgIpc) is 2.87. The van der Waals surface area contributed by atoms with Gasteiger partial charge in [-0.2, -0.15) is 0 Å². The number of aliphatic hydroxyl groups excluding tert-OH is 1. The van der Waals surface area contributed by atoms with E-state index in [0.717, 1.165) is 38.2 Å². The lowest BCUT2D eigenvalue weighted by molar-refractivity contribution is 0.0822. The summed E-state index contributed by atoms with van der Waals surface area (Å²) < 4.78 is 0. The molecule has 1 aliphatic carbocycles. The van der Waals surface area contributed by atoms with Gasteiger partial charge in [-0.1, -0.05) is 0 Å². The Kier molecular flexibility index (Phi) is 2.91. The van der Waals surface area contributed by atoms with Crippen LogP contribution in [0, 0.1) is 5.41 Å². The summed E-state index contributed by atoms with van der Waals surface area (Å²) in [6.07, 6.45) is 2.13. The fraction of sp³-hybridized carbons (Fsp3) is 0.643. The van der Waals surface area contributed by atoms with Crippen molar-refractivity contribution in [1.82, 2.24) is 14.8 Å². The number of β-amino-alcohol motifs (C(OH)–C–C–N with tert-alkyl or cyclic N) is 1. The van der Waals surface area contributed by atoms with Gasteiger partial charge < -0.3 is 15.0 Å². The summed E-state index contributed by atoms with van der Waals surface area (Å²) in [6, 6.07) is 3.79. The first-order valence-electron chi connectivity index (χ1n) is 6.80. The van der Waals surface area contributed by atoms with Gasteiger partial charge in [0.25, 0.3) is 5.91 Å². The molecular weight excluding hydrogens is 242 g/mol. The van der Waals surface area contributed by atoms with Gasteiger partial charge in [-0.15, -0.1) is 0 Å². The normalized spacial score (nSPS) is 24.9. The minimum absolute atomic E-state index is 0.00799. The summed E-state index contributed by atoms with van der Waals surface area (Å²) in [5, 5.41) is 10.0. The Bertz CT molecular complexity index is 491. The number of carbonyl (C=O) groups is 1. The van der Waals surface area contributed by atoms with Crippen molar-refractivity contribution in [2.24, 2.45) is 5.41 Å². The monoisotopic (exact) mass is 263 g/mol. The van der Waals surface area contributed by atoms with Crippen LogP contribution in [0.5, 0.6) is 0 Å². The lowest BCUT2D eigenvalue weighted by atomic mass is 10.0. The lowest BCUT2D eigenvalue weighted by Crippen LogP contribution is -2.23. The highest BCUT2D eigenvalue weighted by Crippen LogP contribution is 2.52. The molecule has 19 heavy (non-hydrogen) atoms. The number of nitrogens with zero attached hydrogens (tertiary/aromatic N) is 2. The fourth-order valence-corrected chi connectivity index (χ4v) is 2.96. The zero-order valence-electron chi connectivity index (χ0n) is 11.5. The first kappa shape index (κ1) is 12.7. The molecule has 0 aromatic carbocycles. The highest BCUT2D eigenvalue weighted by atomic mass is 16.3. The molecule has 104 valence electrons.